The minimum absolute atomic E-state index is 0.0195. The number of nitrogens with zero attached hydrogens (tertiary/aromatic N) is 4. The minimum Gasteiger partial charge on any atom is -0.394 e. The van der Waals surface area contributed by atoms with Gasteiger partial charge in [-0.2, -0.15) is 4.98 Å². The first kappa shape index (κ1) is 15.8. The van der Waals surface area contributed by atoms with Crippen LogP contribution in [0.5, 0.6) is 0 Å². The molecule has 0 aliphatic carbocycles. The number of imidazole rings is 1. The Morgan fingerprint density at radius 2 is 2.00 bits per heavy atom. The van der Waals surface area contributed by atoms with Gasteiger partial charge in [0.25, 0.3) is 5.56 Å². The number of aromatic nitrogens is 4. The number of nitrogens with two attached hydrogens (primary N) is 1. The van der Waals surface area contributed by atoms with Crippen molar-refractivity contribution in [3.8, 4) is 0 Å². The van der Waals surface area contributed by atoms with E-state index in [1.54, 1.807) is 0 Å². The first-order valence-electron chi connectivity index (χ1n) is 6.86. The number of anilines is 1. The Labute approximate surface area is 129 Å². The van der Waals surface area contributed by atoms with E-state index in [0.717, 1.165) is 4.57 Å². The monoisotopic (exact) mass is 327 g/mol. The maximum Gasteiger partial charge on any atom is 0.281 e. The Bertz CT molecular complexity index is 786. The first-order chi connectivity index (χ1) is 10.9. The van der Waals surface area contributed by atoms with Crippen LogP contribution >= 0.6 is 0 Å². The molecule has 0 bridgehead atoms. The summed E-state index contributed by atoms with van der Waals surface area (Å²) in [5, 5.41) is 39.1. The third kappa shape index (κ3) is 2.29. The maximum atomic E-state index is 12.4. The molecule has 1 aliphatic heterocycles. The predicted octanol–water partition coefficient (Wildman–Crippen LogP) is -3.32. The van der Waals surface area contributed by atoms with Gasteiger partial charge in [0.05, 0.1) is 6.61 Å². The van der Waals surface area contributed by atoms with Crippen molar-refractivity contribution in [2.24, 2.45) is 7.05 Å². The number of rotatable bonds is 2. The molecule has 5 atom stereocenters. The Morgan fingerprint density at radius 1 is 1.30 bits per heavy atom. The molecule has 0 amide bonds. The number of aliphatic hydroxyl groups excluding tert-OH is 4. The van der Waals surface area contributed by atoms with E-state index < -0.39 is 42.8 Å². The van der Waals surface area contributed by atoms with Crippen LogP contribution in [-0.2, 0) is 11.8 Å². The van der Waals surface area contributed by atoms with Crippen molar-refractivity contribution >= 4 is 17.1 Å². The van der Waals surface area contributed by atoms with E-state index in [1.807, 2.05) is 0 Å². The Morgan fingerprint density at radius 3 is 2.65 bits per heavy atom. The first-order valence-corrected chi connectivity index (χ1v) is 6.86. The molecule has 0 saturated carbocycles. The van der Waals surface area contributed by atoms with Gasteiger partial charge in [0.2, 0.25) is 5.95 Å². The third-order valence-corrected chi connectivity index (χ3v) is 3.99. The molecule has 0 unspecified atom stereocenters. The van der Waals surface area contributed by atoms with Crippen molar-refractivity contribution in [3.63, 3.8) is 0 Å². The van der Waals surface area contributed by atoms with Gasteiger partial charge in [-0.25, -0.2) is 4.98 Å². The van der Waals surface area contributed by atoms with Gasteiger partial charge in [-0.05, 0) is 0 Å². The zero-order valence-electron chi connectivity index (χ0n) is 12.1. The SMILES string of the molecule is Cn1c(N)nc2ncn([C@@H]3O[C@H](CO)[C@@H](O)[C@H](O)[C@H]3O)c2c1=O. The molecule has 0 spiro atoms. The molecule has 2 aromatic heterocycles. The third-order valence-electron chi connectivity index (χ3n) is 3.99. The van der Waals surface area contributed by atoms with Gasteiger partial charge >= 0.3 is 0 Å². The molecule has 1 saturated heterocycles. The van der Waals surface area contributed by atoms with Crippen LogP contribution in [0.3, 0.4) is 0 Å². The number of hydrogen-bond donors (Lipinski definition) is 5. The van der Waals surface area contributed by atoms with Gasteiger partial charge in [0.1, 0.15) is 30.7 Å². The van der Waals surface area contributed by atoms with Crippen molar-refractivity contribution < 1.29 is 25.2 Å². The standard InChI is InChI=1S/C12H17N5O6/c1-16-10(22)5-9(15-12(16)13)14-3-17(5)11-8(21)7(20)6(19)4(2-18)23-11/h3-4,6-8,11,18-21H,2H2,1H3,(H2,13,15)/t4-,6-,7+,8-,11-/m1/s1. The fourth-order valence-electron chi connectivity index (χ4n) is 2.59. The van der Waals surface area contributed by atoms with Crippen LogP contribution in [0.15, 0.2) is 11.1 Å². The van der Waals surface area contributed by atoms with Gasteiger partial charge in [0, 0.05) is 7.05 Å². The number of hydrogen-bond acceptors (Lipinski definition) is 9. The Balaban J connectivity index is 2.13. The number of nitrogen functional groups attached to an aromatic ring is 1. The van der Waals surface area contributed by atoms with Crippen LogP contribution in [0.4, 0.5) is 5.95 Å². The highest BCUT2D eigenvalue weighted by atomic mass is 16.6. The van der Waals surface area contributed by atoms with E-state index in [1.165, 1.54) is 17.9 Å². The molecule has 6 N–H and O–H groups in total. The molecule has 23 heavy (non-hydrogen) atoms. The van der Waals surface area contributed by atoms with E-state index in [9.17, 15) is 25.2 Å². The average molecular weight is 327 g/mol. The second-order valence-corrected chi connectivity index (χ2v) is 5.38. The van der Waals surface area contributed by atoms with E-state index in [-0.39, 0.29) is 17.1 Å². The molecule has 2 aromatic rings. The van der Waals surface area contributed by atoms with Crippen LogP contribution in [0, 0.1) is 0 Å². The number of aliphatic hydroxyl groups is 4. The summed E-state index contributed by atoms with van der Waals surface area (Å²) in [6, 6.07) is 0. The predicted molar refractivity (Wildman–Crippen MR) is 76.2 cm³/mol. The quantitative estimate of drug-likeness (QED) is 0.379. The molecule has 3 heterocycles. The van der Waals surface area contributed by atoms with Crippen LogP contribution in [-0.4, -0.2) is 70.6 Å². The van der Waals surface area contributed by atoms with Crippen LogP contribution < -0.4 is 11.3 Å². The summed E-state index contributed by atoms with van der Waals surface area (Å²) in [5.41, 5.74) is 5.17. The molecular formula is C12H17N5O6. The van der Waals surface area contributed by atoms with Gasteiger partial charge in [-0.3, -0.25) is 13.9 Å². The maximum absolute atomic E-state index is 12.4. The zero-order valence-corrected chi connectivity index (χ0v) is 12.1. The summed E-state index contributed by atoms with van der Waals surface area (Å²) in [7, 11) is 1.43. The summed E-state index contributed by atoms with van der Waals surface area (Å²) in [6.07, 6.45) is -5.69. The van der Waals surface area contributed by atoms with Crippen LogP contribution in [0.1, 0.15) is 6.23 Å². The fraction of sp³-hybridized carbons (Fsp3) is 0.583. The lowest BCUT2D eigenvalue weighted by Gasteiger charge is -2.40. The summed E-state index contributed by atoms with van der Waals surface area (Å²) >= 11 is 0. The molecule has 1 aliphatic rings. The minimum atomic E-state index is -1.56. The average Bonchev–Trinajstić information content (AvgIpc) is 2.94. The lowest BCUT2D eigenvalue weighted by Crippen LogP contribution is -2.56. The molecular weight excluding hydrogens is 310 g/mol. The zero-order chi connectivity index (χ0) is 16.9. The number of fused-ring (bicyclic) bond motifs is 1. The second kappa shape index (κ2) is 5.54. The molecule has 0 aromatic carbocycles. The Hall–Kier alpha value is -2.05. The van der Waals surface area contributed by atoms with Gasteiger partial charge in [-0.1, -0.05) is 0 Å². The normalized spacial score (nSPS) is 31.6. The summed E-state index contributed by atoms with van der Waals surface area (Å²) in [4.78, 5) is 20.3. The van der Waals surface area contributed by atoms with E-state index in [0.29, 0.717) is 0 Å². The molecule has 3 rings (SSSR count). The lowest BCUT2D eigenvalue weighted by atomic mass is 9.98. The van der Waals surface area contributed by atoms with Crippen molar-refractivity contribution in [3.05, 3.63) is 16.7 Å². The van der Waals surface area contributed by atoms with Crippen LogP contribution in [0.25, 0.3) is 11.2 Å². The van der Waals surface area contributed by atoms with E-state index >= 15 is 0 Å². The summed E-state index contributed by atoms with van der Waals surface area (Å²) in [6.45, 7) is -0.572. The summed E-state index contributed by atoms with van der Waals surface area (Å²) in [5.74, 6) is -0.0263. The van der Waals surface area contributed by atoms with Gasteiger partial charge in [-0.15, -0.1) is 0 Å². The van der Waals surface area contributed by atoms with Crippen LogP contribution in [0.2, 0.25) is 0 Å². The molecule has 1 fully saturated rings. The second-order valence-electron chi connectivity index (χ2n) is 5.38. The largest absolute Gasteiger partial charge is 0.394 e. The molecule has 126 valence electrons. The topological polar surface area (TPSA) is 169 Å². The van der Waals surface area contributed by atoms with Gasteiger partial charge in [0.15, 0.2) is 17.4 Å². The Kier molecular flexibility index (Phi) is 3.82. The molecule has 11 nitrogen and oxygen atoms in total. The fourth-order valence-corrected chi connectivity index (χ4v) is 2.59. The van der Waals surface area contributed by atoms with Crippen molar-refractivity contribution in [2.75, 3.05) is 12.3 Å². The van der Waals surface area contributed by atoms with Crippen molar-refractivity contribution in [1.82, 2.24) is 19.1 Å². The van der Waals surface area contributed by atoms with Gasteiger partial charge < -0.3 is 30.9 Å². The van der Waals surface area contributed by atoms with E-state index in [2.05, 4.69) is 9.97 Å². The highest BCUT2D eigenvalue weighted by molar-refractivity contribution is 5.71. The molecule has 0 radical (unpaired) electrons. The summed E-state index contributed by atoms with van der Waals surface area (Å²) < 4.78 is 7.72. The van der Waals surface area contributed by atoms with Crippen molar-refractivity contribution in [2.45, 2.75) is 30.6 Å². The lowest BCUT2D eigenvalue weighted by molar-refractivity contribution is -0.250. The highest BCUT2D eigenvalue weighted by Gasteiger charge is 2.44. The van der Waals surface area contributed by atoms with Crippen molar-refractivity contribution in [1.29, 1.82) is 0 Å². The smallest absolute Gasteiger partial charge is 0.281 e. The number of ether oxygens (including phenoxy) is 1. The van der Waals surface area contributed by atoms with E-state index in [4.69, 9.17) is 10.5 Å². The molecule has 11 heteroatoms. The highest BCUT2D eigenvalue weighted by Crippen LogP contribution is 2.29.